The van der Waals surface area contributed by atoms with E-state index in [0.717, 1.165) is 22.0 Å². The molecule has 1 aliphatic rings. The molecule has 0 bridgehead atoms. The largest absolute Gasteiger partial charge is 0.525 e. The van der Waals surface area contributed by atoms with Crippen molar-refractivity contribution in [1.29, 1.82) is 0 Å². The normalized spacial score (nSPS) is 20.8. The highest BCUT2D eigenvalue weighted by Gasteiger charge is 2.53. The SMILES string of the molecule is Cc1cccc2c(C=C(F)B3OC(C)(C)C(C)(C)O3)c[nH]c12. The van der Waals surface area contributed by atoms with Gasteiger partial charge in [0.05, 0.1) is 11.2 Å². The third kappa shape index (κ3) is 2.38. The molecule has 22 heavy (non-hydrogen) atoms. The molecular formula is C17H21BFNO2. The molecule has 1 aromatic carbocycles. The van der Waals surface area contributed by atoms with Gasteiger partial charge in [0.1, 0.15) is 5.73 Å². The van der Waals surface area contributed by atoms with Crippen molar-refractivity contribution in [2.45, 2.75) is 45.8 Å². The lowest BCUT2D eigenvalue weighted by Gasteiger charge is -2.32. The van der Waals surface area contributed by atoms with Crippen LogP contribution in [0.5, 0.6) is 0 Å². The summed E-state index contributed by atoms with van der Waals surface area (Å²) >= 11 is 0. The second-order valence-corrected chi connectivity index (χ2v) is 6.86. The van der Waals surface area contributed by atoms with Crippen molar-refractivity contribution in [2.75, 3.05) is 0 Å². The number of hydrogen-bond donors (Lipinski definition) is 1. The molecule has 0 amide bonds. The Morgan fingerprint density at radius 1 is 1.18 bits per heavy atom. The van der Waals surface area contributed by atoms with E-state index in [1.807, 2.05) is 59.0 Å². The average Bonchev–Trinajstić information content (AvgIpc) is 2.90. The highest BCUT2D eigenvalue weighted by atomic mass is 19.1. The molecule has 2 aromatic rings. The Bertz CT molecular complexity index is 732. The van der Waals surface area contributed by atoms with Crippen LogP contribution in [0.4, 0.5) is 4.39 Å². The Hall–Kier alpha value is -1.59. The van der Waals surface area contributed by atoms with Crippen molar-refractivity contribution in [3.8, 4) is 0 Å². The standard InChI is InChI=1S/C17H21BFNO2/c1-11-7-6-8-13-12(10-20-15(11)13)9-14(19)18-21-16(2,3)17(4,5)22-18/h6-10,20H,1-5H3. The molecule has 1 N–H and O–H groups in total. The van der Waals surface area contributed by atoms with Gasteiger partial charge in [0.25, 0.3) is 0 Å². The lowest BCUT2D eigenvalue weighted by molar-refractivity contribution is 0.00578. The fourth-order valence-electron chi connectivity index (χ4n) is 2.62. The summed E-state index contributed by atoms with van der Waals surface area (Å²) in [6, 6.07) is 5.97. The predicted molar refractivity (Wildman–Crippen MR) is 88.2 cm³/mol. The zero-order chi connectivity index (χ0) is 16.1. The first-order valence-corrected chi connectivity index (χ1v) is 7.51. The molecule has 0 radical (unpaired) electrons. The van der Waals surface area contributed by atoms with Crippen LogP contribution in [0.15, 0.2) is 30.1 Å². The Morgan fingerprint density at radius 3 is 2.45 bits per heavy atom. The van der Waals surface area contributed by atoms with Gasteiger partial charge in [0, 0.05) is 22.7 Å². The minimum absolute atomic E-state index is 0.416. The molecule has 3 nitrogen and oxygen atoms in total. The van der Waals surface area contributed by atoms with Gasteiger partial charge in [-0.3, -0.25) is 0 Å². The topological polar surface area (TPSA) is 34.2 Å². The van der Waals surface area contributed by atoms with E-state index in [-0.39, 0.29) is 0 Å². The molecular weight excluding hydrogens is 280 g/mol. The summed E-state index contributed by atoms with van der Waals surface area (Å²) < 4.78 is 26.1. The summed E-state index contributed by atoms with van der Waals surface area (Å²) in [6.45, 7) is 9.67. The van der Waals surface area contributed by atoms with E-state index in [1.165, 1.54) is 6.08 Å². The molecule has 0 aliphatic carbocycles. The lowest BCUT2D eigenvalue weighted by atomic mass is 9.87. The Morgan fingerprint density at radius 2 is 1.82 bits per heavy atom. The smallest absolute Gasteiger partial charge is 0.398 e. The van der Waals surface area contributed by atoms with Gasteiger partial charge in [-0.25, -0.2) is 4.39 Å². The molecule has 3 rings (SSSR count). The number of hydrogen-bond acceptors (Lipinski definition) is 2. The lowest BCUT2D eigenvalue weighted by Crippen LogP contribution is -2.41. The number of nitrogens with one attached hydrogen (secondary N) is 1. The van der Waals surface area contributed by atoms with Crippen LogP contribution in [0.1, 0.15) is 38.8 Å². The summed E-state index contributed by atoms with van der Waals surface area (Å²) in [6.07, 6.45) is 3.29. The second kappa shape index (κ2) is 4.96. The monoisotopic (exact) mass is 301 g/mol. The number of halogens is 1. The minimum atomic E-state index is -0.959. The second-order valence-electron chi connectivity index (χ2n) is 6.86. The van der Waals surface area contributed by atoms with E-state index < -0.39 is 24.0 Å². The predicted octanol–water partition coefficient (Wildman–Crippen LogP) is 4.42. The number of rotatable bonds is 2. The molecule has 1 saturated heterocycles. The van der Waals surface area contributed by atoms with Crippen molar-refractivity contribution in [3.05, 3.63) is 41.2 Å². The molecule has 1 fully saturated rings. The van der Waals surface area contributed by atoms with Gasteiger partial charge in [0.2, 0.25) is 0 Å². The molecule has 0 saturated carbocycles. The maximum atomic E-state index is 14.6. The van der Waals surface area contributed by atoms with Crippen LogP contribution in [-0.4, -0.2) is 23.3 Å². The van der Waals surface area contributed by atoms with E-state index in [2.05, 4.69) is 4.98 Å². The molecule has 0 spiro atoms. The third-order valence-corrected chi connectivity index (χ3v) is 4.73. The summed E-state index contributed by atoms with van der Waals surface area (Å²) in [4.78, 5) is 3.19. The fourth-order valence-corrected chi connectivity index (χ4v) is 2.62. The van der Waals surface area contributed by atoms with Crippen LogP contribution in [0.25, 0.3) is 17.0 Å². The van der Waals surface area contributed by atoms with Crippen molar-refractivity contribution < 1.29 is 13.7 Å². The van der Waals surface area contributed by atoms with Gasteiger partial charge in [-0.15, -0.1) is 0 Å². The van der Waals surface area contributed by atoms with Gasteiger partial charge < -0.3 is 14.3 Å². The summed E-state index contributed by atoms with van der Waals surface area (Å²) in [5.41, 5.74) is 1.45. The van der Waals surface area contributed by atoms with Crippen LogP contribution in [-0.2, 0) is 9.31 Å². The van der Waals surface area contributed by atoms with E-state index in [1.54, 1.807) is 0 Å². The van der Waals surface area contributed by atoms with E-state index in [9.17, 15) is 4.39 Å². The maximum absolute atomic E-state index is 14.6. The minimum Gasteiger partial charge on any atom is -0.398 e. The quantitative estimate of drug-likeness (QED) is 0.833. The summed E-state index contributed by atoms with van der Waals surface area (Å²) in [5.74, 6) is 0. The first-order valence-electron chi connectivity index (χ1n) is 7.51. The fraction of sp³-hybridized carbons (Fsp3) is 0.412. The Labute approximate surface area is 130 Å². The molecule has 5 heteroatoms. The van der Waals surface area contributed by atoms with Gasteiger partial charge in [0.15, 0.2) is 0 Å². The van der Waals surface area contributed by atoms with Crippen molar-refractivity contribution in [1.82, 2.24) is 4.98 Å². The number of aromatic amines is 1. The number of fused-ring (bicyclic) bond motifs is 1. The molecule has 2 heterocycles. The van der Waals surface area contributed by atoms with Gasteiger partial charge in [-0.2, -0.15) is 0 Å². The Kier molecular flexibility index (Phi) is 3.46. The van der Waals surface area contributed by atoms with Crippen molar-refractivity contribution in [2.24, 2.45) is 0 Å². The summed E-state index contributed by atoms with van der Waals surface area (Å²) in [5, 5.41) is 0.992. The van der Waals surface area contributed by atoms with E-state index >= 15 is 0 Å². The van der Waals surface area contributed by atoms with Gasteiger partial charge in [-0.05, 0) is 46.3 Å². The number of aromatic nitrogens is 1. The van der Waals surface area contributed by atoms with Crippen molar-refractivity contribution in [3.63, 3.8) is 0 Å². The van der Waals surface area contributed by atoms with Crippen LogP contribution in [0.2, 0.25) is 0 Å². The number of aryl methyl sites for hydroxylation is 1. The van der Waals surface area contributed by atoms with Crippen LogP contribution in [0, 0.1) is 6.92 Å². The molecule has 0 unspecified atom stereocenters. The maximum Gasteiger partial charge on any atom is 0.525 e. The molecule has 1 aromatic heterocycles. The highest BCUT2D eigenvalue weighted by molar-refractivity contribution is 6.54. The Balaban J connectivity index is 1.93. The van der Waals surface area contributed by atoms with Crippen LogP contribution >= 0.6 is 0 Å². The van der Waals surface area contributed by atoms with Crippen LogP contribution < -0.4 is 0 Å². The number of benzene rings is 1. The number of para-hydroxylation sites is 1. The molecule has 116 valence electrons. The zero-order valence-electron chi connectivity index (χ0n) is 13.7. The first-order chi connectivity index (χ1) is 10.2. The number of H-pyrrole nitrogens is 1. The average molecular weight is 301 g/mol. The third-order valence-electron chi connectivity index (χ3n) is 4.73. The van der Waals surface area contributed by atoms with E-state index in [0.29, 0.717) is 0 Å². The van der Waals surface area contributed by atoms with Crippen molar-refractivity contribution >= 4 is 24.1 Å². The van der Waals surface area contributed by atoms with Gasteiger partial charge in [-0.1, -0.05) is 18.2 Å². The van der Waals surface area contributed by atoms with Gasteiger partial charge >= 0.3 is 7.12 Å². The summed E-state index contributed by atoms with van der Waals surface area (Å²) in [7, 11) is -0.959. The first kappa shape index (κ1) is 15.3. The van der Waals surface area contributed by atoms with Crippen LogP contribution in [0.3, 0.4) is 0 Å². The zero-order valence-corrected chi connectivity index (χ0v) is 13.7. The highest BCUT2D eigenvalue weighted by Crippen LogP contribution is 2.39. The molecule has 1 aliphatic heterocycles. The molecule has 0 atom stereocenters. The van der Waals surface area contributed by atoms with E-state index in [4.69, 9.17) is 9.31 Å².